The molecule has 0 bridgehead atoms. The standard InChI is InChI=1S/C24H30N4O2S.HI/c1-3-8-23(30)28-19-11-7-9-17(13-19)15-26-24(25-4-2)27-16-20(29)22-14-18-10-5-6-12-21(18)31-22;/h5-7,9-14,20,29H,3-4,8,15-16H2,1-2H3,(H,28,30)(H2,25,26,27);1H. The molecule has 0 spiro atoms. The van der Waals surface area contributed by atoms with E-state index in [2.05, 4.69) is 33.1 Å². The fraction of sp³-hybridized carbons (Fsp3) is 0.333. The molecule has 0 aliphatic rings. The topological polar surface area (TPSA) is 85.8 Å². The summed E-state index contributed by atoms with van der Waals surface area (Å²) in [5.41, 5.74) is 1.78. The SMILES string of the molecule is CCCC(=O)Nc1cccc(CN=C(NCC)NCC(O)c2cc3ccccc3s2)c1.I. The van der Waals surface area contributed by atoms with Gasteiger partial charge in [0.15, 0.2) is 5.96 Å². The van der Waals surface area contributed by atoms with E-state index >= 15 is 0 Å². The number of amides is 1. The van der Waals surface area contributed by atoms with E-state index in [0.717, 1.165) is 34.5 Å². The van der Waals surface area contributed by atoms with Crippen LogP contribution in [0.4, 0.5) is 5.69 Å². The highest BCUT2D eigenvalue weighted by Gasteiger charge is 2.12. The molecule has 0 radical (unpaired) electrons. The second kappa shape index (κ2) is 13.4. The van der Waals surface area contributed by atoms with Crippen LogP contribution in [-0.2, 0) is 11.3 Å². The van der Waals surface area contributed by atoms with Gasteiger partial charge in [0.2, 0.25) is 5.91 Å². The number of aliphatic hydroxyl groups is 1. The Morgan fingerprint density at radius 3 is 2.66 bits per heavy atom. The van der Waals surface area contributed by atoms with Gasteiger partial charge in [-0.05, 0) is 48.6 Å². The molecule has 1 aromatic heterocycles. The van der Waals surface area contributed by atoms with Crippen molar-refractivity contribution in [2.75, 3.05) is 18.4 Å². The lowest BCUT2D eigenvalue weighted by molar-refractivity contribution is -0.116. The van der Waals surface area contributed by atoms with Crippen molar-refractivity contribution in [2.24, 2.45) is 4.99 Å². The summed E-state index contributed by atoms with van der Waals surface area (Å²) in [4.78, 5) is 17.4. The molecule has 8 heteroatoms. The lowest BCUT2D eigenvalue weighted by atomic mass is 10.2. The van der Waals surface area contributed by atoms with Crippen molar-refractivity contribution >= 4 is 63.0 Å². The number of nitrogens with zero attached hydrogens (tertiary/aromatic N) is 1. The molecule has 3 rings (SSSR count). The van der Waals surface area contributed by atoms with Crippen LogP contribution in [0.2, 0.25) is 0 Å². The minimum atomic E-state index is -0.613. The van der Waals surface area contributed by atoms with Crippen molar-refractivity contribution < 1.29 is 9.90 Å². The van der Waals surface area contributed by atoms with Crippen molar-refractivity contribution in [3.63, 3.8) is 0 Å². The molecule has 32 heavy (non-hydrogen) atoms. The van der Waals surface area contributed by atoms with E-state index in [0.29, 0.717) is 25.5 Å². The number of benzene rings is 2. The fourth-order valence-electron chi connectivity index (χ4n) is 3.17. The van der Waals surface area contributed by atoms with E-state index in [1.807, 2.05) is 56.3 Å². The van der Waals surface area contributed by atoms with Crippen LogP contribution in [0, 0.1) is 0 Å². The maximum absolute atomic E-state index is 11.8. The number of anilines is 1. The molecule has 4 N–H and O–H groups in total. The van der Waals surface area contributed by atoms with E-state index in [-0.39, 0.29) is 29.9 Å². The maximum atomic E-state index is 11.8. The number of aliphatic hydroxyl groups excluding tert-OH is 1. The summed E-state index contributed by atoms with van der Waals surface area (Å²) in [7, 11) is 0. The first-order valence-electron chi connectivity index (χ1n) is 10.7. The molecule has 2 aromatic carbocycles. The summed E-state index contributed by atoms with van der Waals surface area (Å²) >= 11 is 1.61. The summed E-state index contributed by atoms with van der Waals surface area (Å²) in [6.07, 6.45) is 0.721. The molecular weight excluding hydrogens is 535 g/mol. The predicted molar refractivity (Wildman–Crippen MR) is 145 cm³/mol. The summed E-state index contributed by atoms with van der Waals surface area (Å²) in [6, 6.07) is 17.9. The minimum Gasteiger partial charge on any atom is -0.386 e. The normalized spacial score (nSPS) is 12.2. The van der Waals surface area contributed by atoms with Crippen molar-refractivity contribution in [1.29, 1.82) is 0 Å². The number of hydrogen-bond donors (Lipinski definition) is 4. The molecule has 1 unspecified atom stereocenters. The number of guanidine groups is 1. The Labute approximate surface area is 210 Å². The molecule has 6 nitrogen and oxygen atoms in total. The van der Waals surface area contributed by atoms with E-state index in [1.54, 1.807) is 11.3 Å². The minimum absolute atomic E-state index is 0. The molecule has 3 aromatic rings. The molecule has 0 aliphatic heterocycles. The van der Waals surface area contributed by atoms with Gasteiger partial charge in [0.25, 0.3) is 0 Å². The van der Waals surface area contributed by atoms with Gasteiger partial charge >= 0.3 is 0 Å². The van der Waals surface area contributed by atoms with Crippen molar-refractivity contribution in [3.8, 4) is 0 Å². The van der Waals surface area contributed by atoms with Crippen LogP contribution in [0.25, 0.3) is 10.1 Å². The number of halogens is 1. The predicted octanol–water partition coefficient (Wildman–Crippen LogP) is 5.05. The van der Waals surface area contributed by atoms with Gasteiger partial charge in [-0.15, -0.1) is 35.3 Å². The van der Waals surface area contributed by atoms with Gasteiger partial charge in [-0.2, -0.15) is 0 Å². The van der Waals surface area contributed by atoms with Crippen LogP contribution in [0.15, 0.2) is 59.6 Å². The smallest absolute Gasteiger partial charge is 0.224 e. The van der Waals surface area contributed by atoms with Crippen LogP contribution < -0.4 is 16.0 Å². The number of carbonyl (C=O) groups excluding carboxylic acids is 1. The van der Waals surface area contributed by atoms with Gasteiger partial charge in [0.1, 0.15) is 6.10 Å². The lowest BCUT2D eigenvalue weighted by Gasteiger charge is -2.14. The Kier molecular flexibility index (Phi) is 10.9. The average Bonchev–Trinajstić information content (AvgIpc) is 3.20. The summed E-state index contributed by atoms with van der Waals surface area (Å²) in [5.74, 6) is 0.663. The van der Waals surface area contributed by atoms with Crippen molar-refractivity contribution in [2.45, 2.75) is 39.3 Å². The van der Waals surface area contributed by atoms with Crippen LogP contribution in [0.1, 0.15) is 43.2 Å². The molecule has 1 amide bonds. The monoisotopic (exact) mass is 566 g/mol. The molecular formula is C24H31IN4O2S. The van der Waals surface area contributed by atoms with Gasteiger partial charge in [0, 0.05) is 34.8 Å². The van der Waals surface area contributed by atoms with Gasteiger partial charge in [-0.1, -0.05) is 37.3 Å². The second-order valence-electron chi connectivity index (χ2n) is 7.28. The third-order valence-electron chi connectivity index (χ3n) is 4.69. The van der Waals surface area contributed by atoms with Crippen LogP contribution in [0.3, 0.4) is 0 Å². The number of nitrogens with one attached hydrogen (secondary N) is 3. The molecule has 0 fully saturated rings. The molecule has 1 atom stereocenters. The Balaban J connectivity index is 0.00000363. The Bertz CT molecular complexity index is 1000. The number of carbonyl (C=O) groups is 1. The summed E-state index contributed by atoms with van der Waals surface area (Å²) < 4.78 is 1.17. The molecule has 1 heterocycles. The first-order chi connectivity index (χ1) is 15.1. The van der Waals surface area contributed by atoms with Crippen LogP contribution >= 0.6 is 35.3 Å². The first-order valence-corrected chi connectivity index (χ1v) is 11.5. The Hall–Kier alpha value is -2.17. The van der Waals surface area contributed by atoms with E-state index < -0.39 is 6.10 Å². The second-order valence-corrected chi connectivity index (χ2v) is 8.39. The van der Waals surface area contributed by atoms with E-state index in [9.17, 15) is 9.90 Å². The molecule has 172 valence electrons. The first kappa shape index (κ1) is 26.1. The zero-order chi connectivity index (χ0) is 22.1. The van der Waals surface area contributed by atoms with Gasteiger partial charge in [0.05, 0.1) is 6.54 Å². The lowest BCUT2D eigenvalue weighted by Crippen LogP contribution is -2.39. The van der Waals surface area contributed by atoms with Crippen molar-refractivity contribution in [1.82, 2.24) is 10.6 Å². The van der Waals surface area contributed by atoms with Gasteiger partial charge in [-0.3, -0.25) is 4.79 Å². The number of hydrogen-bond acceptors (Lipinski definition) is 4. The van der Waals surface area contributed by atoms with E-state index in [1.165, 1.54) is 4.70 Å². The number of rotatable bonds is 9. The summed E-state index contributed by atoms with van der Waals surface area (Å²) in [6.45, 7) is 5.54. The highest BCUT2D eigenvalue weighted by Crippen LogP contribution is 2.29. The molecule has 0 aliphatic carbocycles. The number of fused-ring (bicyclic) bond motifs is 1. The third kappa shape index (κ3) is 7.75. The number of aliphatic imine (C=N–C) groups is 1. The van der Waals surface area contributed by atoms with Crippen LogP contribution in [-0.4, -0.2) is 30.1 Å². The Morgan fingerprint density at radius 1 is 1.09 bits per heavy atom. The zero-order valence-corrected chi connectivity index (χ0v) is 21.6. The highest BCUT2D eigenvalue weighted by atomic mass is 127. The van der Waals surface area contributed by atoms with Gasteiger partial charge < -0.3 is 21.1 Å². The number of thiophene rings is 1. The third-order valence-corrected chi connectivity index (χ3v) is 5.90. The largest absolute Gasteiger partial charge is 0.386 e. The van der Waals surface area contributed by atoms with Crippen LogP contribution in [0.5, 0.6) is 0 Å². The Morgan fingerprint density at radius 2 is 1.91 bits per heavy atom. The zero-order valence-electron chi connectivity index (χ0n) is 18.4. The highest BCUT2D eigenvalue weighted by molar-refractivity contribution is 14.0. The maximum Gasteiger partial charge on any atom is 0.224 e. The van der Waals surface area contributed by atoms with Gasteiger partial charge in [-0.25, -0.2) is 4.99 Å². The molecule has 0 saturated carbocycles. The molecule has 0 saturated heterocycles. The summed E-state index contributed by atoms with van der Waals surface area (Å²) in [5, 5.41) is 21.1. The van der Waals surface area contributed by atoms with E-state index in [4.69, 9.17) is 0 Å². The van der Waals surface area contributed by atoms with Crippen molar-refractivity contribution in [3.05, 3.63) is 65.0 Å². The quantitative estimate of drug-likeness (QED) is 0.166. The fourth-order valence-corrected chi connectivity index (χ4v) is 4.22. The average molecular weight is 567 g/mol.